The molecule has 0 aromatic rings. The van der Waals surface area contributed by atoms with E-state index >= 15 is 0 Å². The predicted molar refractivity (Wildman–Crippen MR) is 122 cm³/mol. The van der Waals surface area contributed by atoms with Gasteiger partial charge in [-0.1, -0.05) is 39.2 Å². The van der Waals surface area contributed by atoms with Crippen LogP contribution in [0.25, 0.3) is 0 Å². The maximum absolute atomic E-state index is 11.2. The summed E-state index contributed by atoms with van der Waals surface area (Å²) in [5.74, 6) is 2.71. The van der Waals surface area contributed by atoms with Crippen LogP contribution in [0.4, 0.5) is 0 Å². The number of piperidine rings is 1. The van der Waals surface area contributed by atoms with E-state index in [-0.39, 0.29) is 13.2 Å². The second kappa shape index (κ2) is 12.4. The Kier molecular flexibility index (Phi) is 10.2. The van der Waals surface area contributed by atoms with E-state index in [2.05, 4.69) is 30.6 Å². The Hall–Kier alpha value is -1.36. The summed E-state index contributed by atoms with van der Waals surface area (Å²) in [5, 5.41) is 2.97. The first-order valence-electron chi connectivity index (χ1n) is 11.8. The summed E-state index contributed by atoms with van der Waals surface area (Å²) in [6, 6.07) is 0.640. The molecule has 2 heterocycles. The molecule has 0 bridgehead atoms. The second-order valence-electron chi connectivity index (χ2n) is 9.44. The van der Waals surface area contributed by atoms with Gasteiger partial charge in [0.1, 0.15) is 0 Å². The first kappa shape index (κ1) is 23.9. The minimum atomic E-state index is 0. The first-order chi connectivity index (χ1) is 13.9. The third-order valence-corrected chi connectivity index (χ3v) is 7.12. The number of nitrogens with one attached hydrogen (secondary N) is 1. The number of rotatable bonds is 5. The third kappa shape index (κ3) is 8.12. The molecule has 5 heteroatoms. The van der Waals surface area contributed by atoms with Gasteiger partial charge in [0.2, 0.25) is 11.8 Å². The molecule has 0 aromatic carbocycles. The summed E-state index contributed by atoms with van der Waals surface area (Å²) >= 11 is 0. The molecule has 0 aromatic heterocycles. The van der Waals surface area contributed by atoms with Gasteiger partial charge in [-0.2, -0.15) is 0 Å². The summed E-state index contributed by atoms with van der Waals surface area (Å²) in [7, 11) is 0. The molecule has 0 radical (unpaired) electrons. The average molecular weight is 408 g/mol. The van der Waals surface area contributed by atoms with Crippen molar-refractivity contribution in [2.75, 3.05) is 32.7 Å². The first-order valence-corrected chi connectivity index (χ1v) is 11.8. The molecule has 2 amide bonds. The van der Waals surface area contributed by atoms with E-state index < -0.39 is 0 Å². The quantitative estimate of drug-likeness (QED) is 0.699. The van der Waals surface area contributed by atoms with Gasteiger partial charge in [0, 0.05) is 40.4 Å². The molecule has 3 atom stereocenters. The highest BCUT2D eigenvalue weighted by Crippen LogP contribution is 2.28. The molecule has 1 N–H and O–H groups in total. The van der Waals surface area contributed by atoms with E-state index in [1.54, 1.807) is 13.0 Å². The van der Waals surface area contributed by atoms with E-state index in [1.807, 2.05) is 4.90 Å². The molecular formula is C24H45N3O2. The Morgan fingerprint density at radius 3 is 2.34 bits per heavy atom. The number of carbonyl (C=O) groups excluding carboxylic acids is 2. The number of carbonyl (C=O) groups is 2. The average Bonchev–Trinajstić information content (AvgIpc) is 3.19. The zero-order valence-corrected chi connectivity index (χ0v) is 19.0. The fourth-order valence-electron chi connectivity index (χ4n) is 4.86. The van der Waals surface area contributed by atoms with Gasteiger partial charge in [0.05, 0.1) is 0 Å². The zero-order chi connectivity index (χ0) is 21.2. The lowest BCUT2D eigenvalue weighted by Gasteiger charge is -2.34. The normalized spacial score (nSPS) is 28.4. The van der Waals surface area contributed by atoms with Crippen LogP contribution < -0.4 is 5.32 Å². The number of nitrogens with zero attached hydrogens (tertiary/aromatic N) is 2. The predicted octanol–water partition coefficient (Wildman–Crippen LogP) is 4.09. The zero-order valence-electron chi connectivity index (χ0n) is 19.0. The van der Waals surface area contributed by atoms with Crippen molar-refractivity contribution in [3.8, 4) is 0 Å². The van der Waals surface area contributed by atoms with Crippen molar-refractivity contribution < 1.29 is 11.0 Å². The van der Waals surface area contributed by atoms with E-state index in [0.717, 1.165) is 31.5 Å². The maximum Gasteiger partial charge on any atom is 0.223 e. The third-order valence-electron chi connectivity index (χ3n) is 7.12. The van der Waals surface area contributed by atoms with Gasteiger partial charge in [-0.05, 0) is 56.5 Å². The minimum absolute atomic E-state index is 0. The molecule has 5 nitrogen and oxygen atoms in total. The molecule has 1 aliphatic carbocycles. The molecule has 3 rings (SSSR count). The molecule has 0 spiro atoms. The van der Waals surface area contributed by atoms with Gasteiger partial charge in [-0.15, -0.1) is 6.58 Å². The van der Waals surface area contributed by atoms with Gasteiger partial charge in [0.25, 0.3) is 0 Å². The largest absolute Gasteiger partial charge is 0.356 e. The molecule has 3 fully saturated rings. The van der Waals surface area contributed by atoms with Crippen LogP contribution in [0.2, 0.25) is 0 Å². The standard InChI is InChI=1S/C12H22N2O.C12H21NO.H2/c1-10-3-6-13(7-4-10)12-5-8-14(9-12)11(2)15;1-3-6-12(14)13-9-11-8-5-4-7-10(11)2;/h10,12H,3-9H2,1-2H3;3,10-11H,1,4-9H2,2H3,(H,13,14);1H/t;10-,11+;/m.0./s1. The fourth-order valence-corrected chi connectivity index (χ4v) is 4.86. The Morgan fingerprint density at radius 2 is 1.76 bits per heavy atom. The molecule has 29 heavy (non-hydrogen) atoms. The number of amides is 2. The number of hydrogen-bond acceptors (Lipinski definition) is 3. The van der Waals surface area contributed by atoms with Crippen LogP contribution in [0.5, 0.6) is 0 Å². The summed E-state index contributed by atoms with van der Waals surface area (Å²) < 4.78 is 0. The van der Waals surface area contributed by atoms with E-state index in [9.17, 15) is 9.59 Å². The van der Waals surface area contributed by atoms with Crippen LogP contribution in [0.3, 0.4) is 0 Å². The SMILES string of the molecule is C=CCC(=O)NC[C@H]1CCCC[C@@H]1C.CC(=O)N1CCC(N2CCC(C)CC2)C1.[HH]. The smallest absolute Gasteiger partial charge is 0.223 e. The summed E-state index contributed by atoms with van der Waals surface area (Å²) in [5.41, 5.74) is 0. The minimum Gasteiger partial charge on any atom is -0.356 e. The Bertz CT molecular complexity index is 535. The van der Waals surface area contributed by atoms with Crippen molar-refractivity contribution in [1.82, 2.24) is 15.1 Å². The number of likely N-dealkylation sites (tertiary alicyclic amines) is 2. The molecule has 1 unspecified atom stereocenters. The van der Waals surface area contributed by atoms with Gasteiger partial charge in [-0.25, -0.2) is 0 Å². The van der Waals surface area contributed by atoms with Crippen LogP contribution in [0.15, 0.2) is 12.7 Å². The van der Waals surface area contributed by atoms with E-state index in [0.29, 0.717) is 18.4 Å². The van der Waals surface area contributed by atoms with Crippen molar-refractivity contribution >= 4 is 11.8 Å². The highest BCUT2D eigenvalue weighted by Gasteiger charge is 2.30. The van der Waals surface area contributed by atoms with E-state index in [1.165, 1.54) is 58.0 Å². The molecule has 1 saturated carbocycles. The topological polar surface area (TPSA) is 52.7 Å². The van der Waals surface area contributed by atoms with Gasteiger partial charge in [-0.3, -0.25) is 14.5 Å². The highest BCUT2D eigenvalue weighted by molar-refractivity contribution is 5.77. The lowest BCUT2D eigenvalue weighted by atomic mass is 9.80. The van der Waals surface area contributed by atoms with Crippen LogP contribution >= 0.6 is 0 Å². The fraction of sp³-hybridized carbons (Fsp3) is 0.833. The van der Waals surface area contributed by atoms with Crippen molar-refractivity contribution in [2.24, 2.45) is 17.8 Å². The Morgan fingerprint density at radius 1 is 1.07 bits per heavy atom. The summed E-state index contributed by atoms with van der Waals surface area (Å²) in [6.07, 6.45) is 11.2. The second-order valence-corrected chi connectivity index (χ2v) is 9.44. The summed E-state index contributed by atoms with van der Waals surface area (Å²) in [6.45, 7) is 15.1. The Balaban J connectivity index is 0.000000291. The van der Waals surface area contributed by atoms with Crippen LogP contribution in [0, 0.1) is 17.8 Å². The van der Waals surface area contributed by atoms with Crippen LogP contribution in [-0.2, 0) is 9.59 Å². The van der Waals surface area contributed by atoms with Crippen LogP contribution in [0.1, 0.15) is 73.6 Å². The van der Waals surface area contributed by atoms with E-state index in [4.69, 9.17) is 0 Å². The Labute approximate surface area is 179 Å². The monoisotopic (exact) mass is 407 g/mol. The number of hydrogen-bond donors (Lipinski definition) is 1. The van der Waals surface area contributed by atoms with Gasteiger partial charge in [0.15, 0.2) is 0 Å². The van der Waals surface area contributed by atoms with Crippen LogP contribution in [-0.4, -0.2) is 60.4 Å². The van der Waals surface area contributed by atoms with Crippen molar-refractivity contribution in [3.05, 3.63) is 12.7 Å². The van der Waals surface area contributed by atoms with Crippen molar-refractivity contribution in [2.45, 2.75) is 78.2 Å². The molecule has 2 saturated heterocycles. The lowest BCUT2D eigenvalue weighted by Crippen LogP contribution is -2.42. The lowest BCUT2D eigenvalue weighted by molar-refractivity contribution is -0.128. The van der Waals surface area contributed by atoms with Crippen molar-refractivity contribution in [1.29, 1.82) is 0 Å². The van der Waals surface area contributed by atoms with Gasteiger partial charge < -0.3 is 10.2 Å². The maximum atomic E-state index is 11.2. The molecule has 168 valence electrons. The summed E-state index contributed by atoms with van der Waals surface area (Å²) in [4.78, 5) is 27.0. The molecular weight excluding hydrogens is 362 g/mol. The highest BCUT2D eigenvalue weighted by atomic mass is 16.2. The molecule has 2 aliphatic heterocycles. The van der Waals surface area contributed by atoms with Gasteiger partial charge >= 0.3 is 0 Å². The van der Waals surface area contributed by atoms with Crippen molar-refractivity contribution in [3.63, 3.8) is 0 Å². The molecule has 3 aliphatic rings.